The summed E-state index contributed by atoms with van der Waals surface area (Å²) in [5, 5.41) is 19.6. The zero-order chi connectivity index (χ0) is 19.5. The van der Waals surface area contributed by atoms with Crippen LogP contribution in [0.15, 0.2) is 54.3 Å². The molecular formula is C20H15N3O5. The fourth-order valence-electron chi connectivity index (χ4n) is 2.77. The first-order chi connectivity index (χ1) is 13.7. The van der Waals surface area contributed by atoms with E-state index in [4.69, 9.17) is 14.2 Å². The molecule has 4 rings (SSSR count). The first-order valence-corrected chi connectivity index (χ1v) is 8.48. The number of hydrogen-bond acceptors (Lipinski definition) is 7. The van der Waals surface area contributed by atoms with Gasteiger partial charge in [0.25, 0.3) is 0 Å². The molecule has 0 aliphatic carbocycles. The molecule has 1 atom stereocenters. The molecule has 2 aromatic carbocycles. The van der Waals surface area contributed by atoms with Crippen molar-refractivity contribution in [3.05, 3.63) is 60.1 Å². The number of aromatic nitrogens is 2. The molecule has 0 saturated heterocycles. The lowest BCUT2D eigenvalue weighted by Gasteiger charge is -2.24. The van der Waals surface area contributed by atoms with Crippen LogP contribution in [0.3, 0.4) is 0 Å². The summed E-state index contributed by atoms with van der Waals surface area (Å²) >= 11 is 0. The standard InChI is InChI=1S/C20H15N3O5/c21-9-12(19-22-13-5-1-2-6-14(13)23-19)15(24)10-27-20(25)18-11-26-16-7-3-4-8-17(16)28-18/h1-8,18,24H,10-11H2,(H,22,23)/b15-12-/t18-/m1/s1. The number of aromatic amines is 1. The quantitative estimate of drug-likeness (QED) is 0.408. The van der Waals surface area contributed by atoms with Gasteiger partial charge in [-0.15, -0.1) is 0 Å². The highest BCUT2D eigenvalue weighted by Gasteiger charge is 2.29. The van der Waals surface area contributed by atoms with Gasteiger partial charge in [-0.25, -0.2) is 9.78 Å². The molecule has 28 heavy (non-hydrogen) atoms. The Morgan fingerprint density at radius 3 is 2.79 bits per heavy atom. The lowest BCUT2D eigenvalue weighted by atomic mass is 10.2. The van der Waals surface area contributed by atoms with Crippen molar-refractivity contribution >= 4 is 22.6 Å². The average molecular weight is 377 g/mol. The molecule has 0 unspecified atom stereocenters. The third kappa shape index (κ3) is 3.33. The van der Waals surface area contributed by atoms with E-state index >= 15 is 0 Å². The van der Waals surface area contributed by atoms with Gasteiger partial charge in [-0.05, 0) is 24.3 Å². The molecule has 3 aromatic rings. The summed E-state index contributed by atoms with van der Waals surface area (Å²) in [6.45, 7) is -0.491. The van der Waals surface area contributed by atoms with Crippen LogP contribution in [-0.2, 0) is 9.53 Å². The highest BCUT2D eigenvalue weighted by molar-refractivity contribution is 5.83. The lowest BCUT2D eigenvalue weighted by molar-refractivity contribution is -0.154. The molecule has 0 bridgehead atoms. The highest BCUT2D eigenvalue weighted by atomic mass is 16.6. The Balaban J connectivity index is 1.46. The van der Waals surface area contributed by atoms with E-state index in [0.29, 0.717) is 17.0 Å². The van der Waals surface area contributed by atoms with E-state index < -0.39 is 24.4 Å². The average Bonchev–Trinajstić information content (AvgIpc) is 3.15. The number of esters is 1. The highest BCUT2D eigenvalue weighted by Crippen LogP contribution is 2.31. The summed E-state index contributed by atoms with van der Waals surface area (Å²) in [7, 11) is 0. The number of nitrogens with one attached hydrogen (secondary N) is 1. The number of imidazole rings is 1. The van der Waals surface area contributed by atoms with E-state index in [2.05, 4.69) is 9.97 Å². The van der Waals surface area contributed by atoms with Gasteiger partial charge < -0.3 is 24.3 Å². The number of aliphatic hydroxyl groups excluding tert-OH is 1. The maximum absolute atomic E-state index is 12.2. The fraction of sp³-hybridized carbons (Fsp3) is 0.150. The van der Waals surface area contributed by atoms with Gasteiger partial charge in [-0.2, -0.15) is 5.26 Å². The van der Waals surface area contributed by atoms with Crippen LogP contribution in [-0.4, -0.2) is 40.4 Å². The Kier molecular flexibility index (Phi) is 4.56. The minimum atomic E-state index is -0.959. The summed E-state index contributed by atoms with van der Waals surface area (Å²) in [5.41, 5.74) is 1.28. The normalized spacial score (nSPS) is 16.2. The van der Waals surface area contributed by atoms with Crippen molar-refractivity contribution in [2.45, 2.75) is 6.10 Å². The van der Waals surface area contributed by atoms with Crippen molar-refractivity contribution in [1.29, 1.82) is 5.26 Å². The first-order valence-electron chi connectivity index (χ1n) is 8.48. The van der Waals surface area contributed by atoms with E-state index in [1.165, 1.54) is 0 Å². The number of aliphatic hydroxyl groups is 1. The summed E-state index contributed by atoms with van der Waals surface area (Å²) < 4.78 is 16.1. The minimum absolute atomic E-state index is 0.00496. The van der Waals surface area contributed by atoms with Gasteiger partial charge in [-0.3, -0.25) is 0 Å². The van der Waals surface area contributed by atoms with Crippen molar-refractivity contribution in [1.82, 2.24) is 9.97 Å². The lowest BCUT2D eigenvalue weighted by Crippen LogP contribution is -2.38. The van der Waals surface area contributed by atoms with E-state index in [9.17, 15) is 15.2 Å². The third-order valence-corrected chi connectivity index (χ3v) is 4.15. The van der Waals surface area contributed by atoms with Crippen LogP contribution in [0.2, 0.25) is 0 Å². The van der Waals surface area contributed by atoms with Crippen LogP contribution in [0.25, 0.3) is 16.6 Å². The van der Waals surface area contributed by atoms with Crippen molar-refractivity contribution in [3.63, 3.8) is 0 Å². The number of fused-ring (bicyclic) bond motifs is 2. The van der Waals surface area contributed by atoms with Crippen LogP contribution < -0.4 is 9.47 Å². The molecule has 140 valence electrons. The monoisotopic (exact) mass is 377 g/mol. The molecule has 0 saturated carbocycles. The number of para-hydroxylation sites is 4. The van der Waals surface area contributed by atoms with Gasteiger partial charge in [0.05, 0.1) is 11.0 Å². The fourth-order valence-corrected chi connectivity index (χ4v) is 2.77. The Bertz CT molecular complexity index is 1080. The number of carbonyl (C=O) groups excluding carboxylic acids is 1. The predicted molar refractivity (Wildman–Crippen MR) is 98.6 cm³/mol. The Labute approximate surface area is 159 Å². The van der Waals surface area contributed by atoms with E-state index in [0.717, 1.165) is 5.52 Å². The molecule has 0 amide bonds. The number of allylic oxidation sites excluding steroid dienone is 1. The number of nitrogens with zero attached hydrogens (tertiary/aromatic N) is 2. The summed E-state index contributed by atoms with van der Waals surface area (Å²) in [4.78, 5) is 19.5. The molecule has 2 heterocycles. The number of H-pyrrole nitrogens is 1. The summed E-state index contributed by atoms with van der Waals surface area (Å²) in [6.07, 6.45) is -0.959. The molecule has 0 fully saturated rings. The van der Waals surface area contributed by atoms with Crippen LogP contribution in [0.1, 0.15) is 5.82 Å². The van der Waals surface area contributed by atoms with Gasteiger partial charge >= 0.3 is 5.97 Å². The first kappa shape index (κ1) is 17.4. The van der Waals surface area contributed by atoms with Crippen LogP contribution >= 0.6 is 0 Å². The molecule has 8 nitrogen and oxygen atoms in total. The van der Waals surface area contributed by atoms with Gasteiger partial charge in [0, 0.05) is 0 Å². The second-order valence-corrected chi connectivity index (χ2v) is 6.01. The summed E-state index contributed by atoms with van der Waals surface area (Å²) in [5.74, 6) is 0.0693. The molecule has 0 spiro atoms. The SMILES string of the molecule is N#C/C(=C(/O)COC(=O)[C@H]1COc2ccccc2O1)c1nc2ccccc2[nH]1. The maximum Gasteiger partial charge on any atom is 0.351 e. The van der Waals surface area contributed by atoms with Crippen LogP contribution in [0.4, 0.5) is 0 Å². The third-order valence-electron chi connectivity index (χ3n) is 4.15. The molecule has 8 heteroatoms. The smallest absolute Gasteiger partial charge is 0.351 e. The molecule has 2 N–H and O–H groups in total. The zero-order valence-corrected chi connectivity index (χ0v) is 14.6. The molecular weight excluding hydrogens is 362 g/mol. The van der Waals surface area contributed by atoms with E-state index in [1.54, 1.807) is 36.4 Å². The predicted octanol–water partition coefficient (Wildman–Crippen LogP) is 2.74. The van der Waals surface area contributed by atoms with Gasteiger partial charge in [0.1, 0.15) is 24.9 Å². The van der Waals surface area contributed by atoms with E-state index in [1.807, 2.05) is 18.2 Å². The second-order valence-electron chi connectivity index (χ2n) is 6.01. The van der Waals surface area contributed by atoms with Crippen molar-refractivity contribution in [2.75, 3.05) is 13.2 Å². The van der Waals surface area contributed by atoms with Crippen molar-refractivity contribution < 1.29 is 24.1 Å². The van der Waals surface area contributed by atoms with Crippen molar-refractivity contribution in [3.8, 4) is 17.6 Å². The Morgan fingerprint density at radius 1 is 1.25 bits per heavy atom. The van der Waals surface area contributed by atoms with Gasteiger partial charge in [0.15, 0.2) is 23.1 Å². The minimum Gasteiger partial charge on any atom is -0.507 e. The largest absolute Gasteiger partial charge is 0.507 e. The Hall–Kier alpha value is -3.99. The van der Waals surface area contributed by atoms with Crippen molar-refractivity contribution in [2.24, 2.45) is 0 Å². The number of carbonyl (C=O) groups is 1. The van der Waals surface area contributed by atoms with Crippen LogP contribution in [0.5, 0.6) is 11.5 Å². The second kappa shape index (κ2) is 7.32. The molecule has 1 aliphatic rings. The molecule has 0 radical (unpaired) electrons. The summed E-state index contributed by atoms with van der Waals surface area (Å²) in [6, 6.07) is 16.1. The van der Waals surface area contributed by atoms with Gasteiger partial charge in [-0.1, -0.05) is 24.3 Å². The van der Waals surface area contributed by atoms with Gasteiger partial charge in [0.2, 0.25) is 6.10 Å². The number of benzene rings is 2. The maximum atomic E-state index is 12.2. The number of rotatable bonds is 4. The number of hydrogen-bond donors (Lipinski definition) is 2. The van der Waals surface area contributed by atoms with E-state index in [-0.39, 0.29) is 18.0 Å². The number of nitriles is 1. The molecule has 1 aromatic heterocycles. The van der Waals surface area contributed by atoms with Crippen LogP contribution in [0, 0.1) is 11.3 Å². The topological polar surface area (TPSA) is 117 Å². The molecule has 1 aliphatic heterocycles. The zero-order valence-electron chi connectivity index (χ0n) is 14.6. The number of ether oxygens (including phenoxy) is 3. The Morgan fingerprint density at radius 2 is 2.00 bits per heavy atom.